The van der Waals surface area contributed by atoms with Gasteiger partial charge in [0.2, 0.25) is 0 Å². The van der Waals surface area contributed by atoms with Crippen LogP contribution in [0, 0.1) is 5.41 Å². The Morgan fingerprint density at radius 1 is 1.41 bits per heavy atom. The van der Waals surface area contributed by atoms with Crippen LogP contribution in [0.25, 0.3) is 0 Å². The van der Waals surface area contributed by atoms with Crippen molar-refractivity contribution in [2.24, 2.45) is 5.41 Å². The number of hydrogen-bond acceptors (Lipinski definition) is 4. The van der Waals surface area contributed by atoms with Gasteiger partial charge in [0.15, 0.2) is 0 Å². The molecule has 0 spiro atoms. The maximum Gasteiger partial charge on any atom is 0.310 e. The van der Waals surface area contributed by atoms with Crippen LogP contribution in [0.5, 0.6) is 11.5 Å². The first-order chi connectivity index (χ1) is 10.3. The number of fused-ring (bicyclic) bond motifs is 1. The summed E-state index contributed by atoms with van der Waals surface area (Å²) < 4.78 is 11.4. The molecule has 0 bridgehead atoms. The minimum atomic E-state index is -0.676. The Kier molecular flexibility index (Phi) is 3.56. The van der Waals surface area contributed by atoms with Crippen LogP contribution in [0.3, 0.4) is 0 Å². The quantitative estimate of drug-likeness (QED) is 0.926. The normalized spacial score (nSPS) is 22.1. The molecule has 1 fully saturated rings. The molecule has 0 atom stereocenters. The second kappa shape index (κ2) is 5.16. The maximum atomic E-state index is 11.5. The van der Waals surface area contributed by atoms with Crippen LogP contribution in [0.4, 0.5) is 0 Å². The highest BCUT2D eigenvalue weighted by Gasteiger charge is 2.51. The molecule has 0 amide bonds. The largest absolute Gasteiger partial charge is 0.497 e. The van der Waals surface area contributed by atoms with Gasteiger partial charge in [-0.15, -0.1) is 0 Å². The molecule has 1 aliphatic carbocycles. The second-order valence-corrected chi connectivity index (χ2v) is 7.07. The van der Waals surface area contributed by atoms with Crippen molar-refractivity contribution < 1.29 is 19.4 Å². The van der Waals surface area contributed by atoms with Gasteiger partial charge in [0.25, 0.3) is 0 Å². The zero-order valence-corrected chi connectivity index (χ0v) is 13.4. The molecule has 5 nitrogen and oxygen atoms in total. The summed E-state index contributed by atoms with van der Waals surface area (Å²) in [4.78, 5) is 13.7. The van der Waals surface area contributed by atoms with Crippen LogP contribution in [0.15, 0.2) is 18.2 Å². The zero-order chi connectivity index (χ0) is 16.0. The lowest BCUT2D eigenvalue weighted by molar-refractivity contribution is -0.144. The first-order valence-corrected chi connectivity index (χ1v) is 7.65. The van der Waals surface area contributed by atoms with Crippen LogP contribution in [0.1, 0.15) is 32.3 Å². The summed E-state index contributed by atoms with van der Waals surface area (Å²) in [6.45, 7) is 6.07. The standard InChI is InChI=1S/C17H23NO4/c1-16(2)10-18(11-17(6-7-17)15(19)20)9-12-4-5-13(21-3)8-14(12)22-16/h4-5,8H,6-7,9-11H2,1-3H3,(H,19,20). The van der Waals surface area contributed by atoms with Crippen LogP contribution in [0.2, 0.25) is 0 Å². The monoisotopic (exact) mass is 305 g/mol. The Bertz CT molecular complexity index is 592. The summed E-state index contributed by atoms with van der Waals surface area (Å²) >= 11 is 0. The highest BCUT2D eigenvalue weighted by atomic mass is 16.5. The molecule has 0 saturated heterocycles. The van der Waals surface area contributed by atoms with Gasteiger partial charge < -0.3 is 14.6 Å². The molecule has 1 N–H and O–H groups in total. The Hall–Kier alpha value is -1.75. The number of benzene rings is 1. The fraction of sp³-hybridized carbons (Fsp3) is 0.588. The van der Waals surface area contributed by atoms with E-state index in [1.807, 2.05) is 32.0 Å². The fourth-order valence-electron chi connectivity index (χ4n) is 3.18. The minimum Gasteiger partial charge on any atom is -0.497 e. The average molecular weight is 305 g/mol. The molecule has 1 heterocycles. The number of hydrogen-bond donors (Lipinski definition) is 1. The SMILES string of the molecule is COc1ccc2c(c1)OC(C)(C)CN(CC1(C(=O)O)CC1)C2. The smallest absolute Gasteiger partial charge is 0.310 e. The van der Waals surface area contributed by atoms with Crippen LogP contribution >= 0.6 is 0 Å². The number of ether oxygens (including phenoxy) is 2. The van der Waals surface area contributed by atoms with Gasteiger partial charge in [0, 0.05) is 31.3 Å². The lowest BCUT2D eigenvalue weighted by Crippen LogP contribution is -2.43. The van der Waals surface area contributed by atoms with E-state index < -0.39 is 11.4 Å². The van der Waals surface area contributed by atoms with Crippen molar-refractivity contribution >= 4 is 5.97 Å². The van der Waals surface area contributed by atoms with Gasteiger partial charge in [-0.2, -0.15) is 0 Å². The Morgan fingerprint density at radius 2 is 2.14 bits per heavy atom. The molecule has 5 heteroatoms. The van der Waals surface area contributed by atoms with E-state index in [9.17, 15) is 9.90 Å². The molecule has 120 valence electrons. The third-order valence-corrected chi connectivity index (χ3v) is 4.49. The van der Waals surface area contributed by atoms with Crippen molar-refractivity contribution in [2.45, 2.75) is 38.8 Å². The molecule has 22 heavy (non-hydrogen) atoms. The van der Waals surface area contributed by atoms with E-state index in [1.54, 1.807) is 7.11 Å². The van der Waals surface area contributed by atoms with Crippen molar-refractivity contribution in [3.8, 4) is 11.5 Å². The maximum absolute atomic E-state index is 11.5. The average Bonchev–Trinajstić information content (AvgIpc) is 3.21. The van der Waals surface area contributed by atoms with Crippen molar-refractivity contribution in [2.75, 3.05) is 20.2 Å². The van der Waals surface area contributed by atoms with Crippen molar-refractivity contribution in [3.63, 3.8) is 0 Å². The summed E-state index contributed by atoms with van der Waals surface area (Å²) in [5.41, 5.74) is 0.159. The Balaban J connectivity index is 1.86. The molecule has 3 rings (SSSR count). The summed E-state index contributed by atoms with van der Waals surface area (Å²) in [7, 11) is 1.64. The van der Waals surface area contributed by atoms with Gasteiger partial charge in [-0.05, 0) is 32.8 Å². The molecule has 1 saturated carbocycles. The van der Waals surface area contributed by atoms with Crippen molar-refractivity contribution in [3.05, 3.63) is 23.8 Å². The molecule has 2 aliphatic rings. The second-order valence-electron chi connectivity index (χ2n) is 7.07. The molecule has 0 unspecified atom stereocenters. The van der Waals surface area contributed by atoms with Gasteiger partial charge in [0.1, 0.15) is 17.1 Å². The molecular formula is C17H23NO4. The number of aliphatic carboxylic acids is 1. The highest BCUT2D eigenvalue weighted by Crippen LogP contribution is 2.47. The van der Waals surface area contributed by atoms with E-state index in [-0.39, 0.29) is 5.60 Å². The first-order valence-electron chi connectivity index (χ1n) is 7.65. The van der Waals surface area contributed by atoms with E-state index in [2.05, 4.69) is 4.90 Å². The van der Waals surface area contributed by atoms with Gasteiger partial charge in [-0.3, -0.25) is 9.69 Å². The Morgan fingerprint density at radius 3 is 2.73 bits per heavy atom. The van der Waals surface area contributed by atoms with Gasteiger partial charge in [0.05, 0.1) is 12.5 Å². The number of nitrogens with zero attached hydrogens (tertiary/aromatic N) is 1. The topological polar surface area (TPSA) is 59.0 Å². The predicted octanol–water partition coefficient (Wildman–Crippen LogP) is 2.53. The molecule has 1 aromatic rings. The Labute approximate surface area is 130 Å². The third-order valence-electron chi connectivity index (χ3n) is 4.49. The van der Waals surface area contributed by atoms with E-state index in [1.165, 1.54) is 0 Å². The van der Waals surface area contributed by atoms with Gasteiger partial charge >= 0.3 is 5.97 Å². The summed E-state index contributed by atoms with van der Waals surface area (Å²) in [6, 6.07) is 5.83. The summed E-state index contributed by atoms with van der Waals surface area (Å²) in [5, 5.41) is 9.42. The molecule has 1 aliphatic heterocycles. The zero-order valence-electron chi connectivity index (χ0n) is 13.4. The van der Waals surface area contributed by atoms with E-state index in [0.717, 1.165) is 29.9 Å². The van der Waals surface area contributed by atoms with E-state index in [4.69, 9.17) is 9.47 Å². The van der Waals surface area contributed by atoms with Gasteiger partial charge in [-0.25, -0.2) is 0 Å². The molecule has 0 aromatic heterocycles. The summed E-state index contributed by atoms with van der Waals surface area (Å²) in [5.74, 6) is 0.921. The minimum absolute atomic E-state index is 0.369. The molecular weight excluding hydrogens is 282 g/mol. The first kappa shape index (κ1) is 15.2. The number of carboxylic acids is 1. The number of rotatable bonds is 4. The fourth-order valence-corrected chi connectivity index (χ4v) is 3.18. The third kappa shape index (κ3) is 2.90. The summed E-state index contributed by atoms with van der Waals surface area (Å²) in [6.07, 6.45) is 1.55. The van der Waals surface area contributed by atoms with E-state index in [0.29, 0.717) is 19.6 Å². The number of carboxylic acid groups (broad SMARTS) is 1. The van der Waals surface area contributed by atoms with Crippen LogP contribution < -0.4 is 9.47 Å². The van der Waals surface area contributed by atoms with Crippen LogP contribution in [-0.2, 0) is 11.3 Å². The van der Waals surface area contributed by atoms with E-state index >= 15 is 0 Å². The van der Waals surface area contributed by atoms with Gasteiger partial charge in [-0.1, -0.05) is 6.07 Å². The van der Waals surface area contributed by atoms with Crippen molar-refractivity contribution in [1.29, 1.82) is 0 Å². The predicted molar refractivity (Wildman–Crippen MR) is 82.3 cm³/mol. The number of carbonyl (C=O) groups is 1. The van der Waals surface area contributed by atoms with Crippen molar-refractivity contribution in [1.82, 2.24) is 4.90 Å². The molecule has 0 radical (unpaired) electrons. The highest BCUT2D eigenvalue weighted by molar-refractivity contribution is 5.78. The molecule has 1 aromatic carbocycles. The van der Waals surface area contributed by atoms with Crippen LogP contribution in [-0.4, -0.2) is 41.8 Å². The lowest BCUT2D eigenvalue weighted by atomic mass is 10.0. The lowest BCUT2D eigenvalue weighted by Gasteiger charge is -2.31. The number of methoxy groups -OCH3 is 1.